The Morgan fingerprint density at radius 1 is 1.45 bits per heavy atom. The summed E-state index contributed by atoms with van der Waals surface area (Å²) in [5.74, 6) is 1.16. The summed E-state index contributed by atoms with van der Waals surface area (Å²) in [4.78, 5) is 20.3. The summed E-state index contributed by atoms with van der Waals surface area (Å²) in [6.45, 7) is 6.24. The fraction of sp³-hybridized carbons (Fsp3) is 0.667. The van der Waals surface area contributed by atoms with Crippen LogP contribution in [-0.4, -0.2) is 42.2 Å². The van der Waals surface area contributed by atoms with Crippen molar-refractivity contribution in [2.75, 3.05) is 31.7 Å². The predicted molar refractivity (Wildman–Crippen MR) is 82.5 cm³/mol. The lowest BCUT2D eigenvalue weighted by atomic mass is 9.79. The largest absolute Gasteiger partial charge is 0.476 e. The minimum atomic E-state index is -0.589. The van der Waals surface area contributed by atoms with Crippen molar-refractivity contribution in [3.05, 3.63) is 12.4 Å². The minimum absolute atomic E-state index is 0.302. The van der Waals surface area contributed by atoms with Crippen LogP contribution in [-0.2, 0) is 9.53 Å². The molecule has 22 heavy (non-hydrogen) atoms. The fourth-order valence-electron chi connectivity index (χ4n) is 2.29. The molecule has 1 aromatic rings. The van der Waals surface area contributed by atoms with Crippen LogP contribution in [0.2, 0.25) is 0 Å². The number of amides is 1. The van der Waals surface area contributed by atoms with Gasteiger partial charge in [0.05, 0.1) is 24.4 Å². The maximum atomic E-state index is 11.8. The molecule has 0 spiro atoms. The zero-order chi connectivity index (χ0) is 16.0. The lowest BCUT2D eigenvalue weighted by molar-refractivity contribution is -0.132. The minimum Gasteiger partial charge on any atom is -0.476 e. The van der Waals surface area contributed by atoms with Crippen LogP contribution in [0, 0.1) is 11.3 Å². The number of primary amides is 1. The van der Waals surface area contributed by atoms with Crippen molar-refractivity contribution in [3.63, 3.8) is 0 Å². The molecule has 122 valence electrons. The highest BCUT2D eigenvalue weighted by atomic mass is 16.5. The Morgan fingerprint density at radius 2 is 2.18 bits per heavy atom. The Kier molecular flexibility index (Phi) is 5.54. The average Bonchev–Trinajstić information content (AvgIpc) is 2.52. The zero-order valence-corrected chi connectivity index (χ0v) is 13.2. The van der Waals surface area contributed by atoms with Gasteiger partial charge in [0, 0.05) is 19.8 Å². The number of aromatic nitrogens is 2. The SMILES string of the molecule is CC(C)COc1cncc(NCC2(C(N)=O)CCOCC2)n1. The molecule has 1 amide bonds. The molecule has 0 radical (unpaired) electrons. The Bertz CT molecular complexity index is 501. The molecule has 0 aliphatic carbocycles. The van der Waals surface area contributed by atoms with Gasteiger partial charge in [0.2, 0.25) is 11.8 Å². The summed E-state index contributed by atoms with van der Waals surface area (Å²) in [6, 6.07) is 0. The number of ether oxygens (including phenoxy) is 2. The lowest BCUT2D eigenvalue weighted by Gasteiger charge is -2.34. The second kappa shape index (κ2) is 7.40. The van der Waals surface area contributed by atoms with Crippen LogP contribution >= 0.6 is 0 Å². The van der Waals surface area contributed by atoms with Crippen molar-refractivity contribution in [2.45, 2.75) is 26.7 Å². The molecule has 1 fully saturated rings. The van der Waals surface area contributed by atoms with Crippen molar-refractivity contribution >= 4 is 11.7 Å². The summed E-state index contributed by atoms with van der Waals surface area (Å²) in [5.41, 5.74) is 4.99. The Labute approximate surface area is 130 Å². The first-order valence-corrected chi connectivity index (χ1v) is 7.58. The standard InChI is InChI=1S/C15H24N4O3/c1-11(2)9-22-13-8-17-7-12(19-13)18-10-15(14(16)20)3-5-21-6-4-15/h7-8,11H,3-6,9-10H2,1-2H3,(H2,16,20)(H,18,19). The van der Waals surface area contributed by atoms with Crippen LogP contribution in [0.15, 0.2) is 12.4 Å². The first-order chi connectivity index (χ1) is 10.5. The van der Waals surface area contributed by atoms with Gasteiger partial charge in [-0.1, -0.05) is 13.8 Å². The molecule has 1 aliphatic rings. The summed E-state index contributed by atoms with van der Waals surface area (Å²) in [5, 5.41) is 3.15. The maximum absolute atomic E-state index is 11.8. The normalized spacial score (nSPS) is 17.2. The van der Waals surface area contributed by atoms with Gasteiger partial charge in [0.1, 0.15) is 5.82 Å². The van der Waals surface area contributed by atoms with E-state index in [0.717, 1.165) is 0 Å². The van der Waals surface area contributed by atoms with E-state index in [0.29, 0.717) is 56.8 Å². The smallest absolute Gasteiger partial charge is 0.234 e. The van der Waals surface area contributed by atoms with E-state index in [2.05, 4.69) is 29.1 Å². The number of carbonyl (C=O) groups is 1. The highest BCUT2D eigenvalue weighted by molar-refractivity contribution is 5.81. The van der Waals surface area contributed by atoms with Crippen LogP contribution < -0.4 is 15.8 Å². The maximum Gasteiger partial charge on any atom is 0.234 e. The topological polar surface area (TPSA) is 99.4 Å². The molecule has 0 atom stereocenters. The van der Waals surface area contributed by atoms with E-state index >= 15 is 0 Å². The third kappa shape index (κ3) is 4.30. The summed E-state index contributed by atoms with van der Waals surface area (Å²) in [7, 11) is 0. The Balaban J connectivity index is 1.97. The van der Waals surface area contributed by atoms with Gasteiger partial charge in [0.15, 0.2) is 0 Å². The van der Waals surface area contributed by atoms with E-state index in [1.54, 1.807) is 12.4 Å². The molecule has 0 unspecified atom stereocenters. The van der Waals surface area contributed by atoms with Gasteiger partial charge in [-0.15, -0.1) is 0 Å². The molecule has 0 saturated carbocycles. The number of hydrogen-bond acceptors (Lipinski definition) is 6. The molecule has 3 N–H and O–H groups in total. The van der Waals surface area contributed by atoms with Gasteiger partial charge < -0.3 is 20.5 Å². The van der Waals surface area contributed by atoms with Crippen LogP contribution in [0.1, 0.15) is 26.7 Å². The highest BCUT2D eigenvalue weighted by Crippen LogP contribution is 2.30. The van der Waals surface area contributed by atoms with E-state index < -0.39 is 5.41 Å². The Morgan fingerprint density at radius 3 is 2.82 bits per heavy atom. The predicted octanol–water partition coefficient (Wildman–Crippen LogP) is 1.21. The quantitative estimate of drug-likeness (QED) is 0.785. The van der Waals surface area contributed by atoms with Crippen molar-refractivity contribution in [1.29, 1.82) is 0 Å². The van der Waals surface area contributed by atoms with Gasteiger partial charge in [0.25, 0.3) is 0 Å². The van der Waals surface area contributed by atoms with Crippen molar-refractivity contribution in [2.24, 2.45) is 17.1 Å². The number of rotatable bonds is 7. The third-order valence-electron chi connectivity index (χ3n) is 3.76. The number of carbonyl (C=O) groups excluding carboxylic acids is 1. The molecule has 1 saturated heterocycles. The van der Waals surface area contributed by atoms with Crippen molar-refractivity contribution < 1.29 is 14.3 Å². The molecule has 1 aliphatic heterocycles. The lowest BCUT2D eigenvalue weighted by Crippen LogP contribution is -2.46. The van der Waals surface area contributed by atoms with Crippen LogP contribution in [0.3, 0.4) is 0 Å². The van der Waals surface area contributed by atoms with Gasteiger partial charge in [-0.3, -0.25) is 9.78 Å². The number of hydrogen-bond donors (Lipinski definition) is 2. The van der Waals surface area contributed by atoms with E-state index in [4.69, 9.17) is 15.2 Å². The summed E-state index contributed by atoms with van der Waals surface area (Å²) in [6.07, 6.45) is 4.42. The average molecular weight is 308 g/mol. The van der Waals surface area contributed by atoms with Crippen LogP contribution in [0.5, 0.6) is 5.88 Å². The van der Waals surface area contributed by atoms with Crippen LogP contribution in [0.4, 0.5) is 5.82 Å². The van der Waals surface area contributed by atoms with E-state index in [1.807, 2.05) is 0 Å². The van der Waals surface area contributed by atoms with Gasteiger partial charge >= 0.3 is 0 Å². The van der Waals surface area contributed by atoms with E-state index in [9.17, 15) is 4.79 Å². The molecular weight excluding hydrogens is 284 g/mol. The molecule has 7 heteroatoms. The van der Waals surface area contributed by atoms with Gasteiger partial charge in [-0.05, 0) is 18.8 Å². The molecule has 2 rings (SSSR count). The molecule has 2 heterocycles. The first-order valence-electron chi connectivity index (χ1n) is 7.58. The zero-order valence-electron chi connectivity index (χ0n) is 13.2. The van der Waals surface area contributed by atoms with Crippen LogP contribution in [0.25, 0.3) is 0 Å². The third-order valence-corrected chi connectivity index (χ3v) is 3.76. The highest BCUT2D eigenvalue weighted by Gasteiger charge is 2.38. The molecule has 0 bridgehead atoms. The van der Waals surface area contributed by atoms with E-state index in [-0.39, 0.29) is 5.91 Å². The summed E-state index contributed by atoms with van der Waals surface area (Å²) >= 11 is 0. The Hall–Kier alpha value is -1.89. The molecule has 0 aromatic carbocycles. The monoisotopic (exact) mass is 308 g/mol. The number of nitrogens with two attached hydrogens (primary N) is 1. The molecule has 1 aromatic heterocycles. The molecular formula is C15H24N4O3. The van der Waals surface area contributed by atoms with Gasteiger partial charge in [-0.25, -0.2) is 0 Å². The number of nitrogens with zero attached hydrogens (tertiary/aromatic N) is 2. The van der Waals surface area contributed by atoms with Crippen molar-refractivity contribution in [3.8, 4) is 5.88 Å². The first kappa shape index (κ1) is 16.5. The fourth-order valence-corrected chi connectivity index (χ4v) is 2.29. The number of anilines is 1. The van der Waals surface area contributed by atoms with Gasteiger partial charge in [-0.2, -0.15) is 4.98 Å². The number of nitrogens with one attached hydrogen (secondary N) is 1. The summed E-state index contributed by atoms with van der Waals surface area (Å²) < 4.78 is 10.9. The molecule has 7 nitrogen and oxygen atoms in total. The van der Waals surface area contributed by atoms with Crippen molar-refractivity contribution in [1.82, 2.24) is 9.97 Å². The second-order valence-corrected chi connectivity index (χ2v) is 6.06. The second-order valence-electron chi connectivity index (χ2n) is 6.06. The van der Waals surface area contributed by atoms with E-state index in [1.165, 1.54) is 0 Å².